The maximum absolute atomic E-state index is 14.2. The maximum atomic E-state index is 14.2. The standard InChI is InChI=1S/C20H24F2.C18H20F2/c1-3-5-6-8-15-9-11-16(12-10-15)18-14-13-17(7-4-2)19(21)20(18)22;1-3-5-13-7-9-14(10-8-13)16-12-11-15(6-4-2)17(19)18(16)20/h9-14H,3-8H2,1-2H3;7-12H,3-6H2,1-2H3. The van der Waals surface area contributed by atoms with Crippen LogP contribution in [0, 0.1) is 23.3 Å². The fourth-order valence-corrected chi connectivity index (χ4v) is 5.12. The molecule has 0 heterocycles. The molecule has 0 amide bonds. The van der Waals surface area contributed by atoms with Crippen molar-refractivity contribution in [1.29, 1.82) is 0 Å². The van der Waals surface area contributed by atoms with E-state index in [0.29, 0.717) is 35.1 Å². The molecule has 0 N–H and O–H groups in total. The van der Waals surface area contributed by atoms with Crippen LogP contribution in [0.25, 0.3) is 22.3 Å². The van der Waals surface area contributed by atoms with E-state index in [2.05, 4.69) is 13.8 Å². The first kappa shape index (κ1) is 33.1. The number of benzene rings is 4. The smallest absolute Gasteiger partial charge is 0.166 e. The van der Waals surface area contributed by atoms with Crippen LogP contribution < -0.4 is 0 Å². The van der Waals surface area contributed by atoms with Gasteiger partial charge in [-0.05, 0) is 65.5 Å². The fraction of sp³-hybridized carbons (Fsp3) is 0.368. The van der Waals surface area contributed by atoms with Crippen LogP contribution in [0.2, 0.25) is 0 Å². The van der Waals surface area contributed by atoms with Gasteiger partial charge in [-0.15, -0.1) is 0 Å². The molecule has 0 atom stereocenters. The molecule has 0 saturated carbocycles. The summed E-state index contributed by atoms with van der Waals surface area (Å²) in [4.78, 5) is 0. The number of aryl methyl sites for hydroxylation is 4. The van der Waals surface area contributed by atoms with Crippen LogP contribution >= 0.6 is 0 Å². The lowest BCUT2D eigenvalue weighted by Crippen LogP contribution is -1.97. The summed E-state index contributed by atoms with van der Waals surface area (Å²) in [6, 6.07) is 22.3. The molecule has 0 unspecified atom stereocenters. The molecule has 4 aromatic rings. The Morgan fingerprint density at radius 2 is 0.786 bits per heavy atom. The van der Waals surface area contributed by atoms with Crippen molar-refractivity contribution in [2.75, 3.05) is 0 Å². The summed E-state index contributed by atoms with van der Waals surface area (Å²) in [6.45, 7) is 8.22. The predicted octanol–water partition coefficient (Wildman–Crippen LogP) is 11.9. The fourth-order valence-electron chi connectivity index (χ4n) is 5.12. The molecule has 4 rings (SSSR count). The van der Waals surface area contributed by atoms with E-state index in [9.17, 15) is 17.6 Å². The molecule has 0 bridgehead atoms. The zero-order valence-corrected chi connectivity index (χ0v) is 25.5. The Morgan fingerprint density at radius 1 is 0.381 bits per heavy atom. The Balaban J connectivity index is 0.000000231. The van der Waals surface area contributed by atoms with Gasteiger partial charge in [-0.1, -0.05) is 133 Å². The van der Waals surface area contributed by atoms with Crippen LogP contribution in [-0.2, 0) is 25.7 Å². The van der Waals surface area contributed by atoms with E-state index in [4.69, 9.17) is 0 Å². The summed E-state index contributed by atoms with van der Waals surface area (Å²) in [7, 11) is 0. The number of halogens is 4. The number of hydrogen-bond acceptors (Lipinski definition) is 0. The first-order chi connectivity index (χ1) is 20.3. The van der Waals surface area contributed by atoms with Crippen molar-refractivity contribution in [2.45, 2.75) is 91.9 Å². The second-order valence-corrected chi connectivity index (χ2v) is 10.9. The lowest BCUT2D eigenvalue weighted by atomic mass is 9.98. The van der Waals surface area contributed by atoms with Gasteiger partial charge in [0.15, 0.2) is 23.3 Å². The van der Waals surface area contributed by atoms with E-state index in [1.807, 2.05) is 62.4 Å². The van der Waals surface area contributed by atoms with Gasteiger partial charge in [0.1, 0.15) is 0 Å². The van der Waals surface area contributed by atoms with Crippen molar-refractivity contribution in [1.82, 2.24) is 0 Å². The van der Waals surface area contributed by atoms with E-state index in [-0.39, 0.29) is 0 Å². The van der Waals surface area contributed by atoms with Gasteiger partial charge in [0, 0.05) is 11.1 Å². The summed E-state index contributed by atoms with van der Waals surface area (Å²) in [5, 5.41) is 0. The molecule has 0 saturated heterocycles. The van der Waals surface area contributed by atoms with Crippen LogP contribution in [0.1, 0.15) is 88.5 Å². The second-order valence-electron chi connectivity index (χ2n) is 10.9. The van der Waals surface area contributed by atoms with Crippen molar-refractivity contribution in [3.05, 3.63) is 118 Å². The molecular formula is C38H44F4. The highest BCUT2D eigenvalue weighted by molar-refractivity contribution is 5.66. The number of unbranched alkanes of at least 4 members (excludes halogenated alkanes) is 2. The number of hydrogen-bond donors (Lipinski definition) is 0. The zero-order chi connectivity index (χ0) is 30.5. The molecule has 0 aliphatic rings. The Morgan fingerprint density at radius 3 is 1.17 bits per heavy atom. The topological polar surface area (TPSA) is 0 Å². The van der Waals surface area contributed by atoms with Gasteiger partial charge in [-0.3, -0.25) is 0 Å². The van der Waals surface area contributed by atoms with Crippen molar-refractivity contribution in [3.63, 3.8) is 0 Å². The number of rotatable bonds is 12. The summed E-state index contributed by atoms with van der Waals surface area (Å²) < 4.78 is 56.4. The third-order valence-electron chi connectivity index (χ3n) is 7.50. The SMILES string of the molecule is CCCCCc1ccc(-c2ccc(CCC)c(F)c2F)cc1.CCCc1ccc(-c2ccc(CCC)c(F)c2F)cc1. The Kier molecular flexibility index (Phi) is 13.3. The van der Waals surface area contributed by atoms with Crippen LogP contribution in [-0.4, -0.2) is 0 Å². The molecule has 0 aliphatic heterocycles. The van der Waals surface area contributed by atoms with E-state index < -0.39 is 23.3 Å². The second kappa shape index (κ2) is 16.9. The van der Waals surface area contributed by atoms with Crippen LogP contribution in [0.3, 0.4) is 0 Å². The lowest BCUT2D eigenvalue weighted by Gasteiger charge is -2.09. The summed E-state index contributed by atoms with van der Waals surface area (Å²) >= 11 is 0. The highest BCUT2D eigenvalue weighted by atomic mass is 19.2. The van der Waals surface area contributed by atoms with E-state index in [0.717, 1.165) is 43.2 Å². The Labute approximate surface area is 249 Å². The molecule has 0 nitrogen and oxygen atoms in total. The van der Waals surface area contributed by atoms with Gasteiger partial charge in [-0.25, -0.2) is 17.6 Å². The predicted molar refractivity (Wildman–Crippen MR) is 169 cm³/mol. The summed E-state index contributed by atoms with van der Waals surface area (Å²) in [5.41, 5.74) is 5.53. The van der Waals surface area contributed by atoms with Crippen molar-refractivity contribution in [2.24, 2.45) is 0 Å². The van der Waals surface area contributed by atoms with Gasteiger partial charge in [-0.2, -0.15) is 0 Å². The Bertz CT molecular complexity index is 1390. The molecule has 42 heavy (non-hydrogen) atoms. The van der Waals surface area contributed by atoms with Gasteiger partial charge >= 0.3 is 0 Å². The molecule has 224 valence electrons. The van der Waals surface area contributed by atoms with Crippen LogP contribution in [0.4, 0.5) is 17.6 Å². The highest BCUT2D eigenvalue weighted by Gasteiger charge is 2.15. The molecule has 0 fully saturated rings. The third kappa shape index (κ3) is 8.80. The third-order valence-corrected chi connectivity index (χ3v) is 7.50. The molecule has 0 spiro atoms. The molecule has 4 heteroatoms. The largest absolute Gasteiger partial charge is 0.203 e. The lowest BCUT2D eigenvalue weighted by molar-refractivity contribution is 0.500. The van der Waals surface area contributed by atoms with Crippen molar-refractivity contribution in [3.8, 4) is 22.3 Å². The minimum absolute atomic E-state index is 0.338. The van der Waals surface area contributed by atoms with Gasteiger partial charge in [0.25, 0.3) is 0 Å². The van der Waals surface area contributed by atoms with Gasteiger partial charge in [0.05, 0.1) is 0 Å². The van der Waals surface area contributed by atoms with Crippen molar-refractivity contribution >= 4 is 0 Å². The normalized spacial score (nSPS) is 10.9. The Hall–Kier alpha value is -3.40. The van der Waals surface area contributed by atoms with E-state index >= 15 is 0 Å². The van der Waals surface area contributed by atoms with Gasteiger partial charge in [0.2, 0.25) is 0 Å². The molecule has 4 aromatic carbocycles. The average molecular weight is 577 g/mol. The maximum Gasteiger partial charge on any atom is 0.166 e. The monoisotopic (exact) mass is 576 g/mol. The molecule has 0 radical (unpaired) electrons. The minimum atomic E-state index is -0.737. The average Bonchev–Trinajstić information content (AvgIpc) is 3.00. The molecule has 0 aromatic heterocycles. The molecule has 0 aliphatic carbocycles. The first-order valence-corrected chi connectivity index (χ1v) is 15.5. The molecular weight excluding hydrogens is 532 g/mol. The van der Waals surface area contributed by atoms with Gasteiger partial charge < -0.3 is 0 Å². The summed E-state index contributed by atoms with van der Waals surface area (Å²) in [5.74, 6) is -2.88. The van der Waals surface area contributed by atoms with Crippen molar-refractivity contribution < 1.29 is 17.6 Å². The first-order valence-electron chi connectivity index (χ1n) is 15.5. The minimum Gasteiger partial charge on any atom is -0.203 e. The van der Waals surface area contributed by atoms with Crippen LogP contribution in [0.5, 0.6) is 0 Å². The van der Waals surface area contributed by atoms with E-state index in [1.54, 1.807) is 24.3 Å². The highest BCUT2D eigenvalue weighted by Crippen LogP contribution is 2.29. The van der Waals surface area contributed by atoms with Crippen LogP contribution in [0.15, 0.2) is 72.8 Å². The quantitative estimate of drug-likeness (QED) is 0.116. The van der Waals surface area contributed by atoms with E-state index in [1.165, 1.54) is 30.4 Å². The zero-order valence-electron chi connectivity index (χ0n) is 25.5. The summed E-state index contributed by atoms with van der Waals surface area (Å²) in [6.07, 6.45) is 9.47.